The van der Waals surface area contributed by atoms with Gasteiger partial charge in [0, 0.05) is 12.6 Å². The lowest BCUT2D eigenvalue weighted by Gasteiger charge is -2.21. The first-order chi connectivity index (χ1) is 7.15. The van der Waals surface area contributed by atoms with E-state index in [1.807, 2.05) is 0 Å². The maximum absolute atomic E-state index is 5.27. The summed E-state index contributed by atoms with van der Waals surface area (Å²) >= 11 is 5.27. The number of unbranched alkanes of at least 4 members (excludes halogenated alkanes) is 1. The molecule has 1 fully saturated rings. The van der Waals surface area contributed by atoms with E-state index < -0.39 is 0 Å². The molecule has 3 heteroatoms. The van der Waals surface area contributed by atoms with Crippen molar-refractivity contribution in [3.05, 3.63) is 0 Å². The predicted octanol–water partition coefficient (Wildman–Crippen LogP) is 2.69. The van der Waals surface area contributed by atoms with E-state index in [2.05, 4.69) is 31.4 Å². The quantitative estimate of drug-likeness (QED) is 0.571. The molecule has 88 valence electrons. The van der Waals surface area contributed by atoms with E-state index in [0.29, 0.717) is 6.04 Å². The first kappa shape index (κ1) is 12.8. The summed E-state index contributed by atoms with van der Waals surface area (Å²) < 4.78 is 0. The molecule has 0 aromatic carbocycles. The van der Waals surface area contributed by atoms with E-state index in [0.717, 1.165) is 23.5 Å². The highest BCUT2D eigenvalue weighted by Gasteiger charge is 2.29. The van der Waals surface area contributed by atoms with E-state index in [1.165, 1.54) is 25.7 Å². The Morgan fingerprint density at radius 2 is 2.07 bits per heavy atom. The molecule has 0 spiro atoms. The molecule has 15 heavy (non-hydrogen) atoms. The Kier molecular flexibility index (Phi) is 5.37. The summed E-state index contributed by atoms with van der Waals surface area (Å²) in [5.41, 5.74) is 0. The summed E-state index contributed by atoms with van der Waals surface area (Å²) in [6, 6.07) is 0.585. The largest absolute Gasteiger partial charge is 0.363 e. The molecule has 3 atom stereocenters. The third-order valence-corrected chi connectivity index (χ3v) is 3.86. The number of rotatable bonds is 4. The Morgan fingerprint density at radius 3 is 2.60 bits per heavy atom. The van der Waals surface area contributed by atoms with Crippen molar-refractivity contribution in [1.29, 1.82) is 0 Å². The van der Waals surface area contributed by atoms with Gasteiger partial charge in [0.25, 0.3) is 0 Å². The van der Waals surface area contributed by atoms with Gasteiger partial charge < -0.3 is 10.6 Å². The van der Waals surface area contributed by atoms with Crippen LogP contribution in [0.5, 0.6) is 0 Å². The first-order valence-corrected chi connectivity index (χ1v) is 6.60. The molecule has 1 aliphatic rings. The zero-order valence-corrected chi connectivity index (χ0v) is 11.0. The molecule has 0 heterocycles. The SMILES string of the molecule is CCCCNC(=S)NC1CCC(C)C1C. The molecule has 1 saturated carbocycles. The Bertz CT molecular complexity index is 206. The van der Waals surface area contributed by atoms with Gasteiger partial charge in [0.05, 0.1) is 0 Å². The monoisotopic (exact) mass is 228 g/mol. The fourth-order valence-corrected chi connectivity index (χ4v) is 2.42. The van der Waals surface area contributed by atoms with Gasteiger partial charge in [-0.3, -0.25) is 0 Å². The van der Waals surface area contributed by atoms with Gasteiger partial charge >= 0.3 is 0 Å². The van der Waals surface area contributed by atoms with E-state index >= 15 is 0 Å². The van der Waals surface area contributed by atoms with Crippen LogP contribution < -0.4 is 10.6 Å². The summed E-state index contributed by atoms with van der Waals surface area (Å²) in [6.07, 6.45) is 5.00. The minimum Gasteiger partial charge on any atom is -0.363 e. The molecule has 0 aliphatic heterocycles. The van der Waals surface area contributed by atoms with Gasteiger partial charge in [-0.2, -0.15) is 0 Å². The molecule has 2 nitrogen and oxygen atoms in total. The smallest absolute Gasteiger partial charge is 0.166 e. The average Bonchev–Trinajstić information content (AvgIpc) is 2.50. The molecule has 0 bridgehead atoms. The summed E-state index contributed by atoms with van der Waals surface area (Å²) in [5.74, 6) is 1.58. The van der Waals surface area contributed by atoms with Crippen molar-refractivity contribution >= 4 is 17.3 Å². The predicted molar refractivity (Wildman–Crippen MR) is 70.0 cm³/mol. The normalized spacial score (nSPS) is 30.2. The van der Waals surface area contributed by atoms with Crippen molar-refractivity contribution in [3.63, 3.8) is 0 Å². The van der Waals surface area contributed by atoms with Crippen LogP contribution in [0, 0.1) is 11.8 Å². The van der Waals surface area contributed by atoms with Crippen LogP contribution in [0.3, 0.4) is 0 Å². The molecule has 2 N–H and O–H groups in total. The molecule has 1 rings (SSSR count). The highest BCUT2D eigenvalue weighted by Crippen LogP contribution is 2.30. The van der Waals surface area contributed by atoms with Crippen molar-refractivity contribution in [2.75, 3.05) is 6.54 Å². The molecule has 3 unspecified atom stereocenters. The second kappa shape index (κ2) is 6.31. The van der Waals surface area contributed by atoms with Crippen LogP contribution in [-0.4, -0.2) is 17.7 Å². The van der Waals surface area contributed by atoms with E-state index in [-0.39, 0.29) is 0 Å². The van der Waals surface area contributed by atoms with Gasteiger partial charge in [-0.05, 0) is 43.3 Å². The van der Waals surface area contributed by atoms with Gasteiger partial charge in [-0.25, -0.2) is 0 Å². The second-order valence-corrected chi connectivity index (χ2v) is 5.18. The lowest BCUT2D eigenvalue weighted by Crippen LogP contribution is -2.43. The van der Waals surface area contributed by atoms with Crippen LogP contribution in [0.1, 0.15) is 46.5 Å². The van der Waals surface area contributed by atoms with E-state index in [1.54, 1.807) is 0 Å². The van der Waals surface area contributed by atoms with Gasteiger partial charge in [0.1, 0.15) is 0 Å². The summed E-state index contributed by atoms with van der Waals surface area (Å²) in [7, 11) is 0. The zero-order valence-electron chi connectivity index (χ0n) is 10.2. The summed E-state index contributed by atoms with van der Waals surface area (Å²) in [6.45, 7) is 7.85. The topological polar surface area (TPSA) is 24.1 Å². The third-order valence-electron chi connectivity index (χ3n) is 3.60. The van der Waals surface area contributed by atoms with Crippen LogP contribution >= 0.6 is 12.2 Å². The van der Waals surface area contributed by atoms with Crippen LogP contribution in [0.25, 0.3) is 0 Å². The van der Waals surface area contributed by atoms with Crippen LogP contribution in [0.4, 0.5) is 0 Å². The Balaban J connectivity index is 2.20. The highest BCUT2D eigenvalue weighted by molar-refractivity contribution is 7.80. The van der Waals surface area contributed by atoms with Gasteiger partial charge in [0.2, 0.25) is 0 Å². The molecule has 0 radical (unpaired) electrons. The Hall–Kier alpha value is -0.310. The van der Waals surface area contributed by atoms with Crippen molar-refractivity contribution in [1.82, 2.24) is 10.6 Å². The fraction of sp³-hybridized carbons (Fsp3) is 0.917. The Morgan fingerprint density at radius 1 is 1.33 bits per heavy atom. The number of nitrogens with one attached hydrogen (secondary N) is 2. The maximum Gasteiger partial charge on any atom is 0.166 e. The maximum atomic E-state index is 5.27. The minimum absolute atomic E-state index is 0.585. The fourth-order valence-electron chi connectivity index (χ4n) is 2.17. The van der Waals surface area contributed by atoms with Gasteiger partial charge in [0.15, 0.2) is 5.11 Å². The zero-order chi connectivity index (χ0) is 11.3. The summed E-state index contributed by atoms with van der Waals surface area (Å²) in [4.78, 5) is 0. The van der Waals surface area contributed by atoms with E-state index in [4.69, 9.17) is 12.2 Å². The molecular weight excluding hydrogens is 204 g/mol. The molecule has 1 aliphatic carbocycles. The van der Waals surface area contributed by atoms with Crippen molar-refractivity contribution in [3.8, 4) is 0 Å². The second-order valence-electron chi connectivity index (χ2n) is 4.77. The van der Waals surface area contributed by atoms with Crippen LogP contribution in [0.2, 0.25) is 0 Å². The standard InChI is InChI=1S/C12H24N2S/c1-4-5-8-13-12(15)14-11-7-6-9(2)10(11)3/h9-11H,4-8H2,1-3H3,(H2,13,14,15). The number of hydrogen-bond acceptors (Lipinski definition) is 1. The highest BCUT2D eigenvalue weighted by atomic mass is 32.1. The van der Waals surface area contributed by atoms with Crippen molar-refractivity contribution in [2.24, 2.45) is 11.8 Å². The van der Waals surface area contributed by atoms with Crippen molar-refractivity contribution in [2.45, 2.75) is 52.5 Å². The Labute approximate surface area is 99.2 Å². The lowest BCUT2D eigenvalue weighted by atomic mass is 9.98. The van der Waals surface area contributed by atoms with Crippen molar-refractivity contribution < 1.29 is 0 Å². The van der Waals surface area contributed by atoms with Crippen LogP contribution in [-0.2, 0) is 0 Å². The summed E-state index contributed by atoms with van der Waals surface area (Å²) in [5, 5.41) is 7.55. The molecule has 0 aromatic rings. The van der Waals surface area contributed by atoms with Gasteiger partial charge in [-0.1, -0.05) is 27.2 Å². The van der Waals surface area contributed by atoms with Crippen LogP contribution in [0.15, 0.2) is 0 Å². The molecule has 0 amide bonds. The average molecular weight is 228 g/mol. The lowest BCUT2D eigenvalue weighted by molar-refractivity contribution is 0.401. The number of hydrogen-bond donors (Lipinski definition) is 2. The number of thiocarbonyl (C=S) groups is 1. The molecule has 0 aromatic heterocycles. The first-order valence-electron chi connectivity index (χ1n) is 6.19. The molecule has 0 saturated heterocycles. The minimum atomic E-state index is 0.585. The molecular formula is C12H24N2S. The van der Waals surface area contributed by atoms with Gasteiger partial charge in [-0.15, -0.1) is 0 Å². The third kappa shape index (κ3) is 3.98. The van der Waals surface area contributed by atoms with E-state index in [9.17, 15) is 0 Å².